The van der Waals surface area contributed by atoms with Crippen molar-refractivity contribution in [2.45, 2.75) is 36.6 Å². The lowest BCUT2D eigenvalue weighted by atomic mass is 10.1. The van der Waals surface area contributed by atoms with Crippen LogP contribution in [0.15, 0.2) is 71.6 Å². The van der Waals surface area contributed by atoms with E-state index in [1.54, 1.807) is 25.1 Å². The number of carbonyl (C=O) groups excluding carboxylic acids is 2. The van der Waals surface area contributed by atoms with Crippen LogP contribution in [0, 0.1) is 0 Å². The summed E-state index contributed by atoms with van der Waals surface area (Å²) in [6.07, 6.45) is -9.75. The number of halogens is 6. The minimum absolute atomic E-state index is 0.0990. The molecule has 1 amide bonds. The Balaban J connectivity index is 1.47. The van der Waals surface area contributed by atoms with E-state index in [4.69, 9.17) is 4.74 Å². The van der Waals surface area contributed by atoms with Gasteiger partial charge in [-0.1, -0.05) is 24.3 Å². The summed E-state index contributed by atoms with van der Waals surface area (Å²) in [6.45, 7) is 0.667. The van der Waals surface area contributed by atoms with E-state index in [1.807, 2.05) is 11.4 Å². The van der Waals surface area contributed by atoms with Crippen LogP contribution in [0.3, 0.4) is 0 Å². The second-order valence-electron chi connectivity index (χ2n) is 8.93. The van der Waals surface area contributed by atoms with Crippen LogP contribution in [-0.4, -0.2) is 32.9 Å². The van der Waals surface area contributed by atoms with Gasteiger partial charge >= 0.3 is 18.3 Å². The molecular weight excluding hydrogens is 566 g/mol. The van der Waals surface area contributed by atoms with Crippen molar-refractivity contribution in [3.05, 3.63) is 89.0 Å². The van der Waals surface area contributed by atoms with E-state index in [1.165, 1.54) is 22.5 Å². The number of esters is 1. The van der Waals surface area contributed by atoms with Crippen LogP contribution < -0.4 is 9.62 Å². The summed E-state index contributed by atoms with van der Waals surface area (Å²) in [5.41, 5.74) is -2.99. The molecule has 1 atom stereocenters. The van der Waals surface area contributed by atoms with Crippen molar-refractivity contribution in [2.24, 2.45) is 0 Å². The molecule has 0 aromatic heterocycles. The molecule has 0 bridgehead atoms. The molecule has 1 N–H and O–H groups in total. The number of sulfonamides is 1. The van der Waals surface area contributed by atoms with Crippen LogP contribution in [0.1, 0.15) is 34.0 Å². The van der Waals surface area contributed by atoms with Crippen molar-refractivity contribution < 1.29 is 49.1 Å². The highest BCUT2D eigenvalue weighted by Crippen LogP contribution is 2.38. The summed E-state index contributed by atoms with van der Waals surface area (Å²) in [6, 6.07) is 11.9. The summed E-state index contributed by atoms with van der Waals surface area (Å²) >= 11 is 0. The first-order valence-electron chi connectivity index (χ1n) is 11.6. The summed E-state index contributed by atoms with van der Waals surface area (Å²) in [5.74, 6) is -2.35. The fourth-order valence-corrected chi connectivity index (χ4v) is 5.98. The molecule has 0 spiro atoms. The van der Waals surface area contributed by atoms with Crippen LogP contribution in [0.2, 0.25) is 0 Å². The van der Waals surface area contributed by atoms with Gasteiger partial charge in [-0.2, -0.15) is 26.3 Å². The zero-order valence-corrected chi connectivity index (χ0v) is 21.3. The Morgan fingerprint density at radius 3 is 2.17 bits per heavy atom. The molecule has 1 heterocycles. The van der Waals surface area contributed by atoms with E-state index in [0.29, 0.717) is 24.2 Å². The van der Waals surface area contributed by atoms with Crippen LogP contribution >= 0.6 is 0 Å². The van der Waals surface area contributed by atoms with Crippen molar-refractivity contribution in [1.29, 1.82) is 0 Å². The monoisotopic (exact) mass is 586 g/mol. The van der Waals surface area contributed by atoms with E-state index in [-0.39, 0.29) is 16.5 Å². The summed E-state index contributed by atoms with van der Waals surface area (Å²) in [4.78, 5) is 24.5. The number of hydrogen-bond donors (Lipinski definition) is 1. The number of nitrogens with one attached hydrogen (secondary N) is 1. The first-order valence-corrected chi connectivity index (χ1v) is 13.0. The number of para-hydroxylation sites is 1. The average molecular weight is 587 g/mol. The maximum atomic E-state index is 13.4. The molecule has 0 aliphatic carbocycles. The Morgan fingerprint density at radius 2 is 1.55 bits per heavy atom. The topological polar surface area (TPSA) is 92.8 Å². The number of anilines is 2. The number of amides is 1. The number of benzene rings is 3. The fraction of sp³-hybridized carbons (Fsp3) is 0.231. The van der Waals surface area contributed by atoms with Gasteiger partial charge in [0.1, 0.15) is 0 Å². The van der Waals surface area contributed by atoms with Gasteiger partial charge in [0.2, 0.25) is 0 Å². The Labute approximate surface area is 224 Å². The van der Waals surface area contributed by atoms with Crippen LogP contribution in [0.25, 0.3) is 0 Å². The smallest absolute Gasteiger partial charge is 0.416 e. The first kappa shape index (κ1) is 28.9. The Hall–Kier alpha value is -4.07. The Morgan fingerprint density at radius 1 is 0.925 bits per heavy atom. The van der Waals surface area contributed by atoms with E-state index in [0.717, 1.165) is 11.6 Å². The molecule has 3 aromatic rings. The molecular formula is C26H20F6N2O5S. The molecule has 40 heavy (non-hydrogen) atoms. The SMILES string of the molecule is CC1Cc2ccccc2N1S(=O)(=O)c1cccc(C(=O)OCC(=O)Nc2cc(C(F)(F)F)cc(C(F)(F)F)c2)c1. The van der Waals surface area contributed by atoms with Crippen molar-refractivity contribution >= 4 is 33.3 Å². The van der Waals surface area contributed by atoms with Gasteiger partial charge in [0, 0.05) is 11.7 Å². The third kappa shape index (κ3) is 6.06. The standard InChI is InChI=1S/C26H20F6N2O5S/c1-15-9-16-5-2-3-8-22(16)34(15)40(37,38)21-7-4-6-17(10-21)24(36)39-14-23(35)33-20-12-18(25(27,28)29)11-19(13-20)26(30,31)32/h2-8,10-13,15H,9,14H2,1H3,(H,33,35). The van der Waals surface area contributed by atoms with Crippen molar-refractivity contribution in [2.75, 3.05) is 16.2 Å². The van der Waals surface area contributed by atoms with E-state index < -0.39 is 63.7 Å². The number of hydrogen-bond acceptors (Lipinski definition) is 5. The lowest BCUT2D eigenvalue weighted by Crippen LogP contribution is -2.35. The number of rotatable bonds is 6. The predicted molar refractivity (Wildman–Crippen MR) is 131 cm³/mol. The molecule has 14 heteroatoms. The van der Waals surface area contributed by atoms with Gasteiger partial charge in [0.05, 0.1) is 27.3 Å². The minimum Gasteiger partial charge on any atom is -0.452 e. The molecule has 212 valence electrons. The zero-order chi connectivity index (χ0) is 29.5. The third-order valence-corrected chi connectivity index (χ3v) is 7.90. The molecule has 0 saturated carbocycles. The predicted octanol–water partition coefficient (Wildman–Crippen LogP) is 5.66. The second kappa shape index (κ2) is 10.5. The van der Waals surface area contributed by atoms with E-state index in [9.17, 15) is 44.3 Å². The molecule has 0 fully saturated rings. The Bertz CT molecular complexity index is 1540. The van der Waals surface area contributed by atoms with Gasteiger partial charge < -0.3 is 10.1 Å². The molecule has 7 nitrogen and oxygen atoms in total. The molecule has 1 aliphatic rings. The largest absolute Gasteiger partial charge is 0.452 e. The van der Waals surface area contributed by atoms with E-state index in [2.05, 4.69) is 0 Å². The maximum Gasteiger partial charge on any atom is 0.416 e. The van der Waals surface area contributed by atoms with Gasteiger partial charge in [-0.05, 0) is 61.4 Å². The first-order chi connectivity index (χ1) is 18.6. The highest BCUT2D eigenvalue weighted by atomic mass is 32.2. The second-order valence-corrected chi connectivity index (χ2v) is 10.7. The van der Waals surface area contributed by atoms with Gasteiger partial charge in [-0.15, -0.1) is 0 Å². The number of carbonyl (C=O) groups is 2. The van der Waals surface area contributed by atoms with Crippen LogP contribution in [0.4, 0.5) is 37.7 Å². The van der Waals surface area contributed by atoms with Gasteiger partial charge in [-0.25, -0.2) is 13.2 Å². The maximum absolute atomic E-state index is 13.4. The Kier molecular flexibility index (Phi) is 7.58. The van der Waals surface area contributed by atoms with Crippen molar-refractivity contribution in [1.82, 2.24) is 0 Å². The molecule has 1 unspecified atom stereocenters. The number of ether oxygens (including phenoxy) is 1. The highest BCUT2D eigenvalue weighted by Gasteiger charge is 2.38. The highest BCUT2D eigenvalue weighted by molar-refractivity contribution is 7.92. The molecule has 4 rings (SSSR count). The molecule has 3 aromatic carbocycles. The van der Waals surface area contributed by atoms with Gasteiger partial charge in [0.15, 0.2) is 6.61 Å². The molecule has 0 radical (unpaired) electrons. The van der Waals surface area contributed by atoms with Gasteiger partial charge in [-0.3, -0.25) is 9.10 Å². The lowest BCUT2D eigenvalue weighted by molar-refractivity contribution is -0.143. The summed E-state index contributed by atoms with van der Waals surface area (Å²) in [5, 5.41) is 1.84. The normalized spacial score (nSPS) is 15.5. The zero-order valence-electron chi connectivity index (χ0n) is 20.5. The van der Waals surface area contributed by atoms with Crippen molar-refractivity contribution in [3.63, 3.8) is 0 Å². The van der Waals surface area contributed by atoms with Crippen LogP contribution in [0.5, 0.6) is 0 Å². The fourth-order valence-electron chi connectivity index (χ4n) is 4.24. The average Bonchev–Trinajstić information content (AvgIpc) is 3.22. The number of nitrogens with zero attached hydrogens (tertiary/aromatic N) is 1. The van der Waals surface area contributed by atoms with E-state index >= 15 is 0 Å². The summed E-state index contributed by atoms with van der Waals surface area (Å²) < 4.78 is 111. The van der Waals surface area contributed by atoms with Gasteiger partial charge in [0.25, 0.3) is 15.9 Å². The van der Waals surface area contributed by atoms with Crippen LogP contribution in [-0.2, 0) is 38.3 Å². The molecule has 0 saturated heterocycles. The summed E-state index contributed by atoms with van der Waals surface area (Å²) in [7, 11) is -4.10. The minimum atomic E-state index is -5.12. The lowest BCUT2D eigenvalue weighted by Gasteiger charge is -2.24. The molecule has 1 aliphatic heterocycles. The number of alkyl halides is 6. The third-order valence-electron chi connectivity index (χ3n) is 5.98. The quantitative estimate of drug-likeness (QED) is 0.297. The number of fused-ring (bicyclic) bond motifs is 1. The van der Waals surface area contributed by atoms with Crippen molar-refractivity contribution in [3.8, 4) is 0 Å².